The van der Waals surface area contributed by atoms with Gasteiger partial charge < -0.3 is 0 Å². The van der Waals surface area contributed by atoms with Gasteiger partial charge in [-0.15, -0.1) is 0 Å². The Morgan fingerprint density at radius 3 is 2.20 bits per heavy atom. The first-order chi connectivity index (χ1) is 9.44. The van der Waals surface area contributed by atoms with Gasteiger partial charge in [-0.25, -0.2) is 12.8 Å². The molecule has 0 aromatic heterocycles. The van der Waals surface area contributed by atoms with Gasteiger partial charge >= 0.3 is 0 Å². The van der Waals surface area contributed by atoms with Crippen LogP contribution in [0.25, 0.3) is 6.08 Å². The van der Waals surface area contributed by atoms with Crippen molar-refractivity contribution in [3.63, 3.8) is 0 Å². The monoisotopic (exact) mass is 402 g/mol. The molecule has 0 fully saturated rings. The van der Waals surface area contributed by atoms with Crippen molar-refractivity contribution in [3.8, 4) is 0 Å². The summed E-state index contributed by atoms with van der Waals surface area (Å²) in [5.41, 5.74) is 1.40. The molecule has 20 heavy (non-hydrogen) atoms. The molecule has 104 valence electrons. The lowest BCUT2D eigenvalue weighted by Crippen LogP contribution is -1.99. The zero-order chi connectivity index (χ0) is 14.6. The highest BCUT2D eigenvalue weighted by Crippen LogP contribution is 2.12. The summed E-state index contributed by atoms with van der Waals surface area (Å²) in [7, 11) is -3.33. The molecule has 2 rings (SSSR count). The molecule has 0 N–H and O–H groups in total. The van der Waals surface area contributed by atoms with Crippen molar-refractivity contribution >= 4 is 38.5 Å². The maximum absolute atomic E-state index is 12.7. The minimum Gasteiger partial charge on any atom is -0.224 e. The van der Waals surface area contributed by atoms with Crippen molar-refractivity contribution in [2.24, 2.45) is 0 Å². The van der Waals surface area contributed by atoms with E-state index in [1.807, 2.05) is 12.1 Å². The van der Waals surface area contributed by atoms with Crippen LogP contribution in [0.2, 0.25) is 0 Å². The van der Waals surface area contributed by atoms with Gasteiger partial charge in [-0.2, -0.15) is 0 Å². The second kappa shape index (κ2) is 6.49. The lowest BCUT2D eigenvalue weighted by Gasteiger charge is -2.00. The Balaban J connectivity index is 2.11. The highest BCUT2D eigenvalue weighted by atomic mass is 127. The average molecular weight is 402 g/mol. The highest BCUT2D eigenvalue weighted by molar-refractivity contribution is 14.1. The third-order valence-corrected chi connectivity index (χ3v) is 4.62. The molecule has 0 aliphatic carbocycles. The Morgan fingerprint density at radius 1 is 1.00 bits per heavy atom. The van der Waals surface area contributed by atoms with Gasteiger partial charge in [0.2, 0.25) is 0 Å². The number of halogens is 2. The van der Waals surface area contributed by atoms with E-state index in [0.29, 0.717) is 5.56 Å². The van der Waals surface area contributed by atoms with Crippen LogP contribution in [0, 0.1) is 9.39 Å². The molecule has 2 aromatic rings. The third-order valence-electron chi connectivity index (χ3n) is 2.62. The maximum atomic E-state index is 12.7. The van der Waals surface area contributed by atoms with E-state index in [2.05, 4.69) is 22.6 Å². The molecule has 0 heterocycles. The molecule has 0 aliphatic rings. The molecule has 0 bridgehead atoms. The molecule has 2 aromatic carbocycles. The second-order valence-corrected chi connectivity index (χ2v) is 7.42. The predicted molar refractivity (Wildman–Crippen MR) is 87.2 cm³/mol. The molecule has 0 saturated carbocycles. The van der Waals surface area contributed by atoms with Crippen molar-refractivity contribution in [2.45, 2.75) is 5.75 Å². The quantitative estimate of drug-likeness (QED) is 0.725. The summed E-state index contributed by atoms with van der Waals surface area (Å²) < 4.78 is 37.7. The fraction of sp³-hybridized carbons (Fsp3) is 0.0667. The van der Waals surface area contributed by atoms with Gasteiger partial charge in [0.05, 0.1) is 5.75 Å². The number of hydrogen-bond acceptors (Lipinski definition) is 2. The minimum atomic E-state index is -3.33. The van der Waals surface area contributed by atoms with Crippen LogP contribution < -0.4 is 0 Å². The van der Waals surface area contributed by atoms with Crippen molar-refractivity contribution in [3.05, 3.63) is 74.5 Å². The number of sulfone groups is 1. The van der Waals surface area contributed by atoms with Crippen molar-refractivity contribution < 1.29 is 12.8 Å². The molecule has 0 atom stereocenters. The van der Waals surface area contributed by atoms with E-state index >= 15 is 0 Å². The fourth-order valence-corrected chi connectivity index (χ4v) is 3.09. The van der Waals surface area contributed by atoms with Crippen molar-refractivity contribution in [1.29, 1.82) is 0 Å². The van der Waals surface area contributed by atoms with E-state index in [1.54, 1.807) is 12.1 Å². The minimum absolute atomic E-state index is 0.0401. The smallest absolute Gasteiger partial charge is 0.175 e. The summed E-state index contributed by atoms with van der Waals surface area (Å²) in [5.74, 6) is -0.384. The van der Waals surface area contributed by atoms with Gasteiger partial charge in [0.15, 0.2) is 9.84 Å². The number of hydrogen-bond donors (Lipinski definition) is 0. The molecule has 0 spiro atoms. The van der Waals surface area contributed by atoms with E-state index in [4.69, 9.17) is 0 Å². The second-order valence-electron chi connectivity index (χ2n) is 4.29. The van der Waals surface area contributed by atoms with E-state index in [-0.39, 0.29) is 11.6 Å². The van der Waals surface area contributed by atoms with Crippen LogP contribution in [0.4, 0.5) is 4.39 Å². The summed E-state index contributed by atoms with van der Waals surface area (Å²) in [6.07, 6.45) is 1.47. The Bertz CT molecular complexity index is 705. The molecule has 0 saturated heterocycles. The molecule has 0 aliphatic heterocycles. The first-order valence-electron chi connectivity index (χ1n) is 5.85. The highest BCUT2D eigenvalue weighted by Gasteiger charge is 2.07. The van der Waals surface area contributed by atoms with Gasteiger partial charge in [0, 0.05) is 8.98 Å². The molecule has 0 amide bonds. The van der Waals surface area contributed by atoms with Crippen LogP contribution in [0.1, 0.15) is 11.1 Å². The summed E-state index contributed by atoms with van der Waals surface area (Å²) in [6, 6.07) is 13.0. The molecule has 5 heteroatoms. The SMILES string of the molecule is O=S(=O)(C=Cc1ccc(F)cc1)Cc1ccc(I)cc1. The van der Waals surface area contributed by atoms with Crippen LogP contribution in [0.15, 0.2) is 53.9 Å². The maximum Gasteiger partial charge on any atom is 0.175 e. The Morgan fingerprint density at radius 2 is 1.60 bits per heavy atom. The van der Waals surface area contributed by atoms with Gasteiger partial charge in [0.25, 0.3) is 0 Å². The molecular formula is C15H12FIO2S. The number of benzene rings is 2. The first kappa shape index (κ1) is 15.2. The van der Waals surface area contributed by atoms with Gasteiger partial charge in [0.1, 0.15) is 5.82 Å². The Kier molecular flexibility index (Phi) is 4.93. The van der Waals surface area contributed by atoms with Crippen molar-refractivity contribution in [2.75, 3.05) is 0 Å². The van der Waals surface area contributed by atoms with Crippen LogP contribution in [-0.2, 0) is 15.6 Å². The lowest BCUT2D eigenvalue weighted by atomic mass is 10.2. The van der Waals surface area contributed by atoms with Crippen LogP contribution in [-0.4, -0.2) is 8.42 Å². The largest absolute Gasteiger partial charge is 0.224 e. The van der Waals surface area contributed by atoms with Gasteiger partial charge in [-0.3, -0.25) is 0 Å². The van der Waals surface area contributed by atoms with Crippen LogP contribution in [0.5, 0.6) is 0 Å². The topological polar surface area (TPSA) is 34.1 Å². The summed E-state index contributed by atoms with van der Waals surface area (Å²) in [5, 5.41) is 1.16. The molecule has 0 unspecified atom stereocenters. The molecule has 2 nitrogen and oxygen atoms in total. The van der Waals surface area contributed by atoms with E-state index in [1.165, 1.54) is 30.3 Å². The Labute approximate surface area is 131 Å². The van der Waals surface area contributed by atoms with Gasteiger partial charge in [-0.05, 0) is 64.1 Å². The fourth-order valence-electron chi connectivity index (χ4n) is 1.62. The normalized spacial score (nSPS) is 11.9. The summed E-state index contributed by atoms with van der Waals surface area (Å²) in [6.45, 7) is 0. The summed E-state index contributed by atoms with van der Waals surface area (Å²) in [4.78, 5) is 0. The zero-order valence-electron chi connectivity index (χ0n) is 10.5. The third kappa shape index (κ3) is 4.72. The van der Waals surface area contributed by atoms with E-state index < -0.39 is 9.84 Å². The van der Waals surface area contributed by atoms with Gasteiger partial charge in [-0.1, -0.05) is 24.3 Å². The molecule has 0 radical (unpaired) electrons. The van der Waals surface area contributed by atoms with E-state index in [9.17, 15) is 12.8 Å². The number of rotatable bonds is 4. The lowest BCUT2D eigenvalue weighted by molar-refractivity contribution is 0.604. The zero-order valence-corrected chi connectivity index (χ0v) is 13.4. The first-order valence-corrected chi connectivity index (χ1v) is 8.65. The van der Waals surface area contributed by atoms with Crippen LogP contribution in [0.3, 0.4) is 0 Å². The average Bonchev–Trinajstić information content (AvgIpc) is 2.41. The predicted octanol–water partition coefficient (Wildman–Crippen LogP) is 4.02. The van der Waals surface area contributed by atoms with E-state index in [0.717, 1.165) is 14.5 Å². The molecular weight excluding hydrogens is 390 g/mol. The standard InChI is InChI=1S/C15H12FIO2S/c16-14-5-1-12(2-6-14)9-10-20(18,19)11-13-3-7-15(17)8-4-13/h1-10H,11H2. The Hall–Kier alpha value is -1.21. The van der Waals surface area contributed by atoms with Crippen molar-refractivity contribution in [1.82, 2.24) is 0 Å². The summed E-state index contributed by atoms with van der Waals surface area (Å²) >= 11 is 2.17. The van der Waals surface area contributed by atoms with Crippen LogP contribution >= 0.6 is 22.6 Å².